The number of benzene rings is 3. The maximum Gasteiger partial charge on any atom is 0.416 e. The van der Waals surface area contributed by atoms with Crippen molar-refractivity contribution in [1.29, 1.82) is 0 Å². The van der Waals surface area contributed by atoms with Crippen LogP contribution in [0.1, 0.15) is 30.5 Å². The number of sulfonamides is 1. The Morgan fingerprint density at radius 3 is 2.14 bits per heavy atom. The summed E-state index contributed by atoms with van der Waals surface area (Å²) in [5, 5.41) is 2.48. The minimum Gasteiger partial charge on any atom is -0.354 e. The van der Waals surface area contributed by atoms with Crippen LogP contribution >= 0.6 is 11.6 Å². The van der Waals surface area contributed by atoms with Gasteiger partial charge in [0.15, 0.2) is 0 Å². The lowest BCUT2D eigenvalue weighted by molar-refractivity contribution is -0.140. The fourth-order valence-corrected chi connectivity index (χ4v) is 5.36. The zero-order chi connectivity index (χ0) is 31.9. The molecule has 232 valence electrons. The summed E-state index contributed by atoms with van der Waals surface area (Å²) >= 11 is 6.15. The van der Waals surface area contributed by atoms with E-state index in [1.165, 1.54) is 24.3 Å². The Hall–Kier alpha value is -3.64. The third kappa shape index (κ3) is 9.69. The summed E-state index contributed by atoms with van der Waals surface area (Å²) in [4.78, 5) is 28.7. The van der Waals surface area contributed by atoms with Crippen LogP contribution in [0.4, 0.5) is 23.2 Å². The molecule has 0 heterocycles. The van der Waals surface area contributed by atoms with Gasteiger partial charge in [-0.05, 0) is 47.4 Å². The highest BCUT2D eigenvalue weighted by atomic mass is 35.5. The lowest BCUT2D eigenvalue weighted by atomic mass is 10.0. The number of alkyl halides is 3. The lowest BCUT2D eigenvalue weighted by Crippen LogP contribution is -2.53. The number of nitrogens with zero attached hydrogens (tertiary/aromatic N) is 2. The Bertz CT molecular complexity index is 1520. The van der Waals surface area contributed by atoms with Gasteiger partial charge < -0.3 is 10.2 Å². The minimum absolute atomic E-state index is 0.0426. The van der Waals surface area contributed by atoms with E-state index in [0.29, 0.717) is 27.6 Å². The van der Waals surface area contributed by atoms with E-state index in [4.69, 9.17) is 11.6 Å². The third-order valence-corrected chi connectivity index (χ3v) is 7.89. The Labute approximate surface area is 253 Å². The van der Waals surface area contributed by atoms with Gasteiger partial charge in [-0.3, -0.25) is 13.9 Å². The molecule has 43 heavy (non-hydrogen) atoms. The second kappa shape index (κ2) is 14.2. The smallest absolute Gasteiger partial charge is 0.354 e. The number of nitrogens with one attached hydrogen (secondary N) is 1. The summed E-state index contributed by atoms with van der Waals surface area (Å²) in [5.41, 5.74) is -0.568. The Morgan fingerprint density at radius 1 is 0.953 bits per heavy atom. The predicted octanol–water partition coefficient (Wildman–Crippen LogP) is 5.68. The van der Waals surface area contributed by atoms with E-state index in [2.05, 4.69) is 5.32 Å². The molecule has 0 aromatic heterocycles. The maximum atomic E-state index is 14.0. The van der Waals surface area contributed by atoms with Crippen LogP contribution in [0.15, 0.2) is 72.8 Å². The number of amides is 2. The first kappa shape index (κ1) is 33.9. The van der Waals surface area contributed by atoms with E-state index in [1.807, 2.05) is 13.8 Å². The molecule has 1 N–H and O–H groups in total. The van der Waals surface area contributed by atoms with E-state index >= 15 is 0 Å². The molecule has 0 aliphatic heterocycles. The summed E-state index contributed by atoms with van der Waals surface area (Å²) in [5.74, 6) is -1.86. The topological polar surface area (TPSA) is 86.8 Å². The molecule has 0 aliphatic carbocycles. The largest absolute Gasteiger partial charge is 0.416 e. The van der Waals surface area contributed by atoms with Crippen molar-refractivity contribution in [2.24, 2.45) is 5.92 Å². The van der Waals surface area contributed by atoms with Gasteiger partial charge in [-0.2, -0.15) is 13.2 Å². The molecule has 0 saturated carbocycles. The average molecular weight is 642 g/mol. The van der Waals surface area contributed by atoms with Gasteiger partial charge in [-0.25, -0.2) is 12.8 Å². The van der Waals surface area contributed by atoms with Crippen molar-refractivity contribution in [3.8, 4) is 0 Å². The van der Waals surface area contributed by atoms with E-state index < -0.39 is 57.7 Å². The highest BCUT2D eigenvalue weighted by molar-refractivity contribution is 7.92. The molecule has 0 aliphatic rings. The highest BCUT2D eigenvalue weighted by Gasteiger charge is 2.36. The zero-order valence-electron chi connectivity index (χ0n) is 23.7. The van der Waals surface area contributed by atoms with Crippen LogP contribution in [-0.4, -0.2) is 50.5 Å². The summed E-state index contributed by atoms with van der Waals surface area (Å²) in [6.45, 7) is 2.88. The lowest BCUT2D eigenvalue weighted by Gasteiger charge is -2.34. The molecule has 2 amide bonds. The SMILES string of the molecule is CC(C)CNC(=O)[C@@H](Cc1ccccc1)N(Cc1ccc(F)cc1)C(=O)CN(c1cc(C(F)(F)F)ccc1Cl)S(C)(=O)=O. The van der Waals surface area contributed by atoms with Crippen molar-refractivity contribution in [3.63, 3.8) is 0 Å². The third-order valence-electron chi connectivity index (χ3n) is 6.44. The molecule has 0 radical (unpaired) electrons. The zero-order valence-corrected chi connectivity index (χ0v) is 25.3. The number of halogens is 5. The Kier molecular flexibility index (Phi) is 11.2. The van der Waals surface area contributed by atoms with E-state index in [1.54, 1.807) is 30.3 Å². The number of hydrogen-bond acceptors (Lipinski definition) is 4. The molecule has 0 fully saturated rings. The quantitative estimate of drug-likeness (QED) is 0.258. The van der Waals surface area contributed by atoms with E-state index in [9.17, 15) is 35.6 Å². The van der Waals surface area contributed by atoms with Crippen LogP contribution in [-0.2, 0) is 38.8 Å². The molecular weight excluding hydrogens is 610 g/mol. The van der Waals surface area contributed by atoms with Crippen molar-refractivity contribution >= 4 is 39.1 Å². The molecule has 13 heteroatoms. The minimum atomic E-state index is -4.81. The second-order valence-electron chi connectivity index (χ2n) is 10.4. The monoisotopic (exact) mass is 641 g/mol. The molecule has 0 saturated heterocycles. The van der Waals surface area contributed by atoms with Crippen molar-refractivity contribution in [3.05, 3.63) is 100 Å². The van der Waals surface area contributed by atoms with Gasteiger partial charge in [0, 0.05) is 19.5 Å². The molecule has 3 rings (SSSR count). The average Bonchev–Trinajstić information content (AvgIpc) is 2.93. The molecule has 0 unspecified atom stereocenters. The fraction of sp³-hybridized carbons (Fsp3) is 0.333. The summed E-state index contributed by atoms with van der Waals surface area (Å²) in [7, 11) is -4.35. The molecule has 3 aromatic carbocycles. The van der Waals surface area contributed by atoms with Gasteiger partial charge in [-0.1, -0.05) is 67.9 Å². The van der Waals surface area contributed by atoms with Crippen LogP contribution in [0.3, 0.4) is 0 Å². The number of anilines is 1. The molecule has 0 bridgehead atoms. The van der Waals surface area contributed by atoms with E-state index in [0.717, 1.165) is 17.2 Å². The molecule has 1 atom stereocenters. The van der Waals surface area contributed by atoms with Gasteiger partial charge >= 0.3 is 6.18 Å². The molecule has 0 spiro atoms. The molecular formula is C30H32ClF4N3O4S. The number of carbonyl (C=O) groups excluding carboxylic acids is 2. The van der Waals surface area contributed by atoms with Crippen LogP contribution in [0.5, 0.6) is 0 Å². The first-order valence-corrected chi connectivity index (χ1v) is 15.5. The number of carbonyl (C=O) groups is 2. The predicted molar refractivity (Wildman–Crippen MR) is 157 cm³/mol. The van der Waals surface area contributed by atoms with Crippen LogP contribution < -0.4 is 9.62 Å². The highest BCUT2D eigenvalue weighted by Crippen LogP contribution is 2.36. The summed E-state index contributed by atoms with van der Waals surface area (Å²) < 4.78 is 80.4. The van der Waals surface area contributed by atoms with E-state index in [-0.39, 0.29) is 30.5 Å². The summed E-state index contributed by atoms with van der Waals surface area (Å²) in [6, 6.07) is 15.0. The van der Waals surface area contributed by atoms with Gasteiger partial charge in [0.05, 0.1) is 22.5 Å². The van der Waals surface area contributed by atoms with Gasteiger partial charge in [0.2, 0.25) is 21.8 Å². The normalized spacial score (nSPS) is 12.6. The van der Waals surface area contributed by atoms with Crippen LogP contribution in [0.25, 0.3) is 0 Å². The van der Waals surface area contributed by atoms with Gasteiger partial charge in [0.25, 0.3) is 0 Å². The first-order chi connectivity index (χ1) is 20.1. The molecule has 7 nitrogen and oxygen atoms in total. The van der Waals surface area contributed by atoms with Gasteiger partial charge in [0.1, 0.15) is 18.4 Å². The van der Waals surface area contributed by atoms with Crippen molar-refractivity contribution in [1.82, 2.24) is 10.2 Å². The molecule has 3 aromatic rings. The van der Waals surface area contributed by atoms with Crippen molar-refractivity contribution in [2.75, 3.05) is 23.7 Å². The van der Waals surface area contributed by atoms with Crippen LogP contribution in [0, 0.1) is 11.7 Å². The maximum absolute atomic E-state index is 14.0. The number of hydrogen-bond donors (Lipinski definition) is 1. The van der Waals surface area contributed by atoms with Crippen molar-refractivity contribution < 1.29 is 35.6 Å². The standard InChI is InChI=1S/C30H32ClF4N3O4S/c1-20(2)17-36-29(40)27(15-21-7-5-4-6-8-21)37(18-22-9-12-24(32)13-10-22)28(39)19-38(43(3,41)42)26-16-23(30(33,34)35)11-14-25(26)31/h4-14,16,20,27H,15,17-19H2,1-3H3,(H,36,40)/t27-/m1/s1. The van der Waals surface area contributed by atoms with Gasteiger partial charge in [-0.15, -0.1) is 0 Å². The van der Waals surface area contributed by atoms with Crippen molar-refractivity contribution in [2.45, 2.75) is 39.0 Å². The Balaban J connectivity index is 2.10. The second-order valence-corrected chi connectivity index (χ2v) is 12.7. The summed E-state index contributed by atoms with van der Waals surface area (Å²) in [6.07, 6.45) is -4.03. The number of rotatable bonds is 12. The first-order valence-electron chi connectivity index (χ1n) is 13.3. The fourth-order valence-electron chi connectivity index (χ4n) is 4.24. The Morgan fingerprint density at radius 2 is 1.58 bits per heavy atom. The van der Waals surface area contributed by atoms with Crippen LogP contribution in [0.2, 0.25) is 5.02 Å².